The Labute approximate surface area is 239 Å². The Morgan fingerprint density at radius 2 is 1.38 bits per heavy atom. The lowest BCUT2D eigenvalue weighted by Gasteiger charge is -2.20. The number of rotatable bonds is 12. The van der Waals surface area contributed by atoms with E-state index in [0.717, 1.165) is 67.7 Å². The van der Waals surface area contributed by atoms with Gasteiger partial charge in [-0.2, -0.15) is 0 Å². The fourth-order valence-corrected chi connectivity index (χ4v) is 5.31. The van der Waals surface area contributed by atoms with E-state index in [4.69, 9.17) is 14.2 Å². The average Bonchev–Trinajstić information content (AvgIpc) is 2.98. The van der Waals surface area contributed by atoms with Crippen LogP contribution < -0.4 is 14.2 Å². The fraction of sp³-hybridized carbons (Fsp3) is 0.400. The molecule has 40 heavy (non-hydrogen) atoms. The Hall–Kier alpha value is -3.57. The summed E-state index contributed by atoms with van der Waals surface area (Å²) in [6.45, 7) is 3.88. The lowest BCUT2D eigenvalue weighted by Crippen LogP contribution is -2.22. The molecule has 0 amide bonds. The fourth-order valence-electron chi connectivity index (χ4n) is 5.31. The van der Waals surface area contributed by atoms with Crippen molar-refractivity contribution in [1.29, 1.82) is 0 Å². The van der Waals surface area contributed by atoms with E-state index in [0.29, 0.717) is 12.4 Å². The zero-order valence-electron chi connectivity index (χ0n) is 24.4. The molecule has 0 unspecified atom stereocenters. The van der Waals surface area contributed by atoms with Crippen molar-refractivity contribution >= 4 is 11.5 Å². The van der Waals surface area contributed by atoms with Crippen LogP contribution in [0.1, 0.15) is 62.1 Å². The van der Waals surface area contributed by atoms with E-state index in [1.54, 1.807) is 7.11 Å². The van der Waals surface area contributed by atoms with Gasteiger partial charge in [0.15, 0.2) is 0 Å². The Morgan fingerprint density at radius 3 is 1.95 bits per heavy atom. The number of allylic oxidation sites excluding steroid dienone is 1. The number of ether oxygens (including phenoxy) is 3. The summed E-state index contributed by atoms with van der Waals surface area (Å²) in [4.78, 5) is 14.8. The van der Waals surface area contributed by atoms with Crippen molar-refractivity contribution in [3.63, 3.8) is 0 Å². The Kier molecular flexibility index (Phi) is 10.8. The molecule has 3 aromatic carbocycles. The van der Waals surface area contributed by atoms with E-state index in [1.807, 2.05) is 36.4 Å². The largest absolute Gasteiger partial charge is 0.497 e. The van der Waals surface area contributed by atoms with E-state index in [1.165, 1.54) is 23.1 Å². The molecule has 1 fully saturated rings. The number of esters is 1. The van der Waals surface area contributed by atoms with Crippen molar-refractivity contribution in [1.82, 2.24) is 4.90 Å². The zero-order valence-corrected chi connectivity index (χ0v) is 24.4. The zero-order chi connectivity index (χ0) is 28.3. The van der Waals surface area contributed by atoms with Crippen LogP contribution in [0.25, 0.3) is 5.57 Å². The van der Waals surface area contributed by atoms with E-state index < -0.39 is 0 Å². The van der Waals surface area contributed by atoms with Crippen LogP contribution in [-0.2, 0) is 11.2 Å². The first kappa shape index (κ1) is 29.4. The molecule has 0 aromatic heterocycles. The molecule has 0 N–H and O–H groups in total. The summed E-state index contributed by atoms with van der Waals surface area (Å²) in [5, 5.41) is 0. The molecule has 0 spiro atoms. The molecule has 5 heteroatoms. The molecule has 0 saturated heterocycles. The van der Waals surface area contributed by atoms with Crippen molar-refractivity contribution in [2.75, 3.05) is 34.4 Å². The molecule has 0 bridgehead atoms. The Balaban J connectivity index is 1.55. The highest BCUT2D eigenvalue weighted by atomic mass is 16.5. The molecule has 5 nitrogen and oxygen atoms in total. The van der Waals surface area contributed by atoms with Gasteiger partial charge >= 0.3 is 5.97 Å². The molecule has 0 atom stereocenters. The summed E-state index contributed by atoms with van der Waals surface area (Å²) >= 11 is 0. The van der Waals surface area contributed by atoms with Crippen LogP contribution >= 0.6 is 0 Å². The summed E-state index contributed by atoms with van der Waals surface area (Å²) in [7, 11) is 5.83. The third kappa shape index (κ3) is 8.46. The molecule has 1 aliphatic rings. The average molecular weight is 542 g/mol. The van der Waals surface area contributed by atoms with E-state index in [-0.39, 0.29) is 11.9 Å². The molecular formula is C35H43NO4. The normalized spacial score (nSPS) is 14.5. The first-order valence-corrected chi connectivity index (χ1v) is 14.5. The van der Waals surface area contributed by atoms with Crippen molar-refractivity contribution < 1.29 is 19.0 Å². The first-order valence-electron chi connectivity index (χ1n) is 14.5. The van der Waals surface area contributed by atoms with Crippen LogP contribution in [0, 0.1) is 5.92 Å². The van der Waals surface area contributed by atoms with Crippen LogP contribution in [0.3, 0.4) is 0 Å². The third-order valence-electron chi connectivity index (χ3n) is 7.52. The Morgan fingerprint density at radius 1 is 0.800 bits per heavy atom. The minimum Gasteiger partial charge on any atom is -0.497 e. The summed E-state index contributed by atoms with van der Waals surface area (Å²) < 4.78 is 17.1. The predicted molar refractivity (Wildman–Crippen MR) is 162 cm³/mol. The van der Waals surface area contributed by atoms with Crippen LogP contribution in [0.2, 0.25) is 0 Å². The van der Waals surface area contributed by atoms with Gasteiger partial charge in [-0.1, -0.05) is 61.2 Å². The van der Waals surface area contributed by atoms with Gasteiger partial charge in [0.25, 0.3) is 0 Å². The molecule has 212 valence electrons. The highest BCUT2D eigenvalue weighted by Crippen LogP contribution is 2.32. The van der Waals surface area contributed by atoms with Gasteiger partial charge in [0, 0.05) is 6.54 Å². The van der Waals surface area contributed by atoms with Crippen LogP contribution in [0.4, 0.5) is 0 Å². The minimum atomic E-state index is -0.0972. The lowest BCUT2D eigenvalue weighted by atomic mass is 9.89. The SMILES string of the molecule is COc1ccc(C/C(C)=C(\c2ccc(OCCCN(C)C)cc2)c2ccc(OC(=O)C3CCCCC3)cc2)cc1. The molecule has 3 aromatic rings. The molecule has 1 aliphatic carbocycles. The number of hydrogen-bond acceptors (Lipinski definition) is 5. The van der Waals surface area contributed by atoms with Gasteiger partial charge in [-0.15, -0.1) is 0 Å². The van der Waals surface area contributed by atoms with Gasteiger partial charge in [0.2, 0.25) is 0 Å². The van der Waals surface area contributed by atoms with Crippen molar-refractivity contribution in [3.05, 3.63) is 95.1 Å². The van der Waals surface area contributed by atoms with E-state index >= 15 is 0 Å². The van der Waals surface area contributed by atoms with Gasteiger partial charge in [-0.25, -0.2) is 0 Å². The van der Waals surface area contributed by atoms with Gasteiger partial charge in [-0.05, 0) is 105 Å². The molecule has 0 aliphatic heterocycles. The summed E-state index contributed by atoms with van der Waals surface area (Å²) in [5.74, 6) is 2.26. The van der Waals surface area contributed by atoms with E-state index in [9.17, 15) is 4.79 Å². The van der Waals surface area contributed by atoms with Crippen molar-refractivity contribution in [3.8, 4) is 17.2 Å². The van der Waals surface area contributed by atoms with Gasteiger partial charge in [0.1, 0.15) is 17.2 Å². The second-order valence-electron chi connectivity index (χ2n) is 11.0. The first-order chi connectivity index (χ1) is 19.4. The summed E-state index contributed by atoms with van der Waals surface area (Å²) in [6.07, 6.45) is 7.10. The third-order valence-corrected chi connectivity index (χ3v) is 7.52. The number of carbonyl (C=O) groups is 1. The van der Waals surface area contributed by atoms with E-state index in [2.05, 4.69) is 62.3 Å². The van der Waals surface area contributed by atoms with Crippen molar-refractivity contribution in [2.24, 2.45) is 5.92 Å². The molecule has 4 rings (SSSR count). The number of methoxy groups -OCH3 is 1. The molecular weight excluding hydrogens is 498 g/mol. The highest BCUT2D eigenvalue weighted by molar-refractivity contribution is 5.83. The summed E-state index contributed by atoms with van der Waals surface area (Å²) in [5.41, 5.74) is 5.84. The monoisotopic (exact) mass is 541 g/mol. The second kappa shape index (κ2) is 14.7. The maximum Gasteiger partial charge on any atom is 0.314 e. The Bertz CT molecular complexity index is 1240. The van der Waals surface area contributed by atoms with Crippen LogP contribution in [0.5, 0.6) is 17.2 Å². The van der Waals surface area contributed by atoms with Crippen LogP contribution in [-0.4, -0.2) is 45.2 Å². The molecule has 0 radical (unpaired) electrons. The van der Waals surface area contributed by atoms with Gasteiger partial charge in [0.05, 0.1) is 19.6 Å². The number of nitrogens with zero attached hydrogens (tertiary/aromatic N) is 1. The maximum atomic E-state index is 12.7. The quantitative estimate of drug-likeness (QED) is 0.134. The highest BCUT2D eigenvalue weighted by Gasteiger charge is 2.23. The number of benzene rings is 3. The number of hydrogen-bond donors (Lipinski definition) is 0. The van der Waals surface area contributed by atoms with Crippen LogP contribution in [0.15, 0.2) is 78.4 Å². The lowest BCUT2D eigenvalue weighted by molar-refractivity contribution is -0.139. The standard InChI is InChI=1S/C35H43NO4/c1-26(25-27-11-17-31(38-4)18-12-27)34(28-13-19-32(20-14-28)39-24-8-23-36(2)3)29-15-21-33(22-16-29)40-35(37)30-9-6-5-7-10-30/h11-22,30H,5-10,23-25H2,1-4H3/b34-26+. The second-order valence-corrected chi connectivity index (χ2v) is 11.0. The smallest absolute Gasteiger partial charge is 0.314 e. The predicted octanol–water partition coefficient (Wildman–Crippen LogP) is 7.58. The van der Waals surface area contributed by atoms with Gasteiger partial charge in [-0.3, -0.25) is 4.79 Å². The minimum absolute atomic E-state index is 0.0271. The summed E-state index contributed by atoms with van der Waals surface area (Å²) in [6, 6.07) is 24.5. The molecule has 0 heterocycles. The van der Waals surface area contributed by atoms with Crippen molar-refractivity contribution in [2.45, 2.75) is 51.9 Å². The molecule has 1 saturated carbocycles. The van der Waals surface area contributed by atoms with Gasteiger partial charge < -0.3 is 19.1 Å². The maximum absolute atomic E-state index is 12.7. The number of carbonyl (C=O) groups excluding carboxylic acids is 1. The topological polar surface area (TPSA) is 48.0 Å².